The van der Waals surface area contributed by atoms with E-state index >= 15 is 0 Å². The molecule has 3 saturated heterocycles. The zero-order chi connectivity index (χ0) is 45.9. The molecule has 0 amide bonds. The molecular weight excluding hydrogens is 821 g/mol. The number of ether oxygens (including phenoxy) is 6. The predicted octanol–water partition coefficient (Wildman–Crippen LogP) is 2.23. The lowest BCUT2D eigenvalue weighted by Gasteiger charge is -2.71. The lowest BCUT2D eigenvalue weighted by molar-refractivity contribution is -0.388. The summed E-state index contributed by atoms with van der Waals surface area (Å²) in [4.78, 5) is 13.2. The van der Waals surface area contributed by atoms with Gasteiger partial charge in [0.2, 0.25) is 0 Å². The Morgan fingerprint density at radius 2 is 1.37 bits per heavy atom. The Morgan fingerprint density at radius 1 is 0.714 bits per heavy atom. The molecule has 0 aromatic rings. The van der Waals surface area contributed by atoms with Crippen molar-refractivity contribution in [2.45, 2.75) is 205 Å². The Labute approximate surface area is 371 Å². The summed E-state index contributed by atoms with van der Waals surface area (Å²) < 4.78 is 37.1. The van der Waals surface area contributed by atoms with Crippen molar-refractivity contribution < 1.29 is 79.2 Å². The number of rotatable bonds is 8. The van der Waals surface area contributed by atoms with Crippen molar-refractivity contribution in [1.82, 2.24) is 0 Å². The normalized spacial score (nSPS) is 55.7. The minimum absolute atomic E-state index is 0.0238. The minimum atomic E-state index is -1.80. The maximum atomic E-state index is 13.2. The fourth-order valence-electron chi connectivity index (χ4n) is 15.0. The molecule has 24 atom stereocenters. The minimum Gasteiger partial charge on any atom is -0.481 e. The van der Waals surface area contributed by atoms with Crippen molar-refractivity contribution >= 4 is 5.97 Å². The van der Waals surface area contributed by atoms with Gasteiger partial charge in [-0.3, -0.25) is 4.79 Å². The molecule has 8 rings (SSSR count). The van der Waals surface area contributed by atoms with Crippen LogP contribution in [0.15, 0.2) is 11.6 Å². The third-order valence-electron chi connectivity index (χ3n) is 19.3. The SMILES string of the molecule is CC1CCC2(C(=O)O)CCC3(C)C(=CCC4C5(C)CCC(OC6OCC(O)C(OC7OC(CO)C(O)C(O)C7O)C6OC6OC(C)C(O)C(O)C6O)C(C)(C)C5CCC43C)C2C1C. The average molecular weight is 897 g/mol. The number of fused-ring (bicyclic) bond motifs is 7. The highest BCUT2D eigenvalue weighted by Gasteiger charge is 2.70. The second-order valence-corrected chi connectivity index (χ2v) is 22.4. The molecule has 0 bridgehead atoms. The van der Waals surface area contributed by atoms with Gasteiger partial charge in [0.05, 0.1) is 30.8 Å². The number of allylic oxidation sites excluding steroid dienone is 2. The van der Waals surface area contributed by atoms with E-state index in [1.807, 2.05) is 0 Å². The summed E-state index contributed by atoms with van der Waals surface area (Å²) in [6.45, 7) is 16.9. The smallest absolute Gasteiger partial charge is 0.310 e. The Bertz CT molecular complexity index is 1710. The van der Waals surface area contributed by atoms with Crippen LogP contribution >= 0.6 is 0 Å². The van der Waals surface area contributed by atoms with Gasteiger partial charge in [-0.15, -0.1) is 0 Å². The van der Waals surface area contributed by atoms with Gasteiger partial charge in [0.15, 0.2) is 18.9 Å². The van der Waals surface area contributed by atoms with Crippen LogP contribution in [0.1, 0.15) is 113 Å². The molecule has 8 aliphatic rings. The summed E-state index contributed by atoms with van der Waals surface area (Å²) in [5, 5.41) is 96.2. The highest BCUT2D eigenvalue weighted by atomic mass is 16.8. The van der Waals surface area contributed by atoms with Crippen LogP contribution in [-0.4, -0.2) is 157 Å². The van der Waals surface area contributed by atoms with Gasteiger partial charge in [-0.1, -0.05) is 60.1 Å². The number of aliphatic hydroxyl groups is 8. The van der Waals surface area contributed by atoms with Crippen molar-refractivity contribution in [2.24, 2.45) is 56.7 Å². The summed E-state index contributed by atoms with van der Waals surface area (Å²) in [6.07, 6.45) is -11.3. The van der Waals surface area contributed by atoms with Crippen molar-refractivity contribution in [3.63, 3.8) is 0 Å². The van der Waals surface area contributed by atoms with Gasteiger partial charge in [0.25, 0.3) is 0 Å². The quantitative estimate of drug-likeness (QED) is 0.125. The van der Waals surface area contributed by atoms with Crippen LogP contribution in [-0.2, 0) is 33.2 Å². The summed E-state index contributed by atoms with van der Waals surface area (Å²) in [6, 6.07) is 0. The second kappa shape index (κ2) is 17.0. The summed E-state index contributed by atoms with van der Waals surface area (Å²) in [7, 11) is 0. The Hall–Kier alpha value is -1.35. The fraction of sp³-hybridized carbons (Fsp3) is 0.936. The van der Waals surface area contributed by atoms with Crippen LogP contribution in [0.5, 0.6) is 0 Å². The van der Waals surface area contributed by atoms with Gasteiger partial charge in [0.1, 0.15) is 61.0 Å². The molecule has 9 N–H and O–H groups in total. The van der Waals surface area contributed by atoms with E-state index in [4.69, 9.17) is 28.4 Å². The monoisotopic (exact) mass is 897 g/mol. The van der Waals surface area contributed by atoms with Gasteiger partial charge < -0.3 is 74.4 Å². The molecular formula is C47H76O16. The first-order valence-electron chi connectivity index (χ1n) is 23.7. The highest BCUT2D eigenvalue weighted by Crippen LogP contribution is 2.76. The molecule has 0 spiro atoms. The molecule has 63 heavy (non-hydrogen) atoms. The number of carboxylic acids is 1. The van der Waals surface area contributed by atoms with E-state index < -0.39 is 116 Å². The van der Waals surface area contributed by atoms with E-state index in [0.717, 1.165) is 44.9 Å². The number of hydrogen-bond acceptors (Lipinski definition) is 15. The molecule has 5 aliphatic carbocycles. The van der Waals surface area contributed by atoms with Crippen molar-refractivity contribution in [3.05, 3.63) is 11.6 Å². The first-order valence-corrected chi connectivity index (χ1v) is 23.7. The molecule has 360 valence electrons. The Balaban J connectivity index is 1.07. The highest BCUT2D eigenvalue weighted by molar-refractivity contribution is 5.76. The molecule has 16 heteroatoms. The van der Waals surface area contributed by atoms with Crippen LogP contribution in [0.2, 0.25) is 0 Å². The molecule has 3 heterocycles. The van der Waals surface area contributed by atoms with Crippen molar-refractivity contribution in [2.75, 3.05) is 13.2 Å². The first-order chi connectivity index (χ1) is 29.5. The largest absolute Gasteiger partial charge is 0.481 e. The molecule has 4 saturated carbocycles. The lowest BCUT2D eigenvalue weighted by Crippen LogP contribution is -2.67. The molecule has 7 fully saturated rings. The molecule has 16 nitrogen and oxygen atoms in total. The van der Waals surface area contributed by atoms with Crippen LogP contribution in [0, 0.1) is 56.7 Å². The maximum absolute atomic E-state index is 13.2. The molecule has 0 aromatic heterocycles. The predicted molar refractivity (Wildman–Crippen MR) is 223 cm³/mol. The van der Waals surface area contributed by atoms with E-state index in [-0.39, 0.29) is 40.6 Å². The average Bonchev–Trinajstić information content (AvgIpc) is 3.23. The maximum Gasteiger partial charge on any atom is 0.310 e. The van der Waals surface area contributed by atoms with E-state index in [1.165, 1.54) is 12.5 Å². The van der Waals surface area contributed by atoms with Gasteiger partial charge >= 0.3 is 5.97 Å². The third-order valence-corrected chi connectivity index (χ3v) is 19.3. The fourth-order valence-corrected chi connectivity index (χ4v) is 15.0. The Morgan fingerprint density at radius 3 is 2.03 bits per heavy atom. The number of carbonyl (C=O) groups is 1. The topological polar surface area (TPSA) is 255 Å². The van der Waals surface area contributed by atoms with Crippen LogP contribution in [0.4, 0.5) is 0 Å². The van der Waals surface area contributed by atoms with Crippen molar-refractivity contribution in [1.29, 1.82) is 0 Å². The molecule has 24 unspecified atom stereocenters. The van der Waals surface area contributed by atoms with Gasteiger partial charge in [-0.25, -0.2) is 0 Å². The zero-order valence-electron chi connectivity index (χ0n) is 38.3. The molecule has 0 aromatic carbocycles. The number of carboxylic acid groups (broad SMARTS) is 1. The van der Waals surface area contributed by atoms with Gasteiger partial charge in [-0.05, 0) is 116 Å². The van der Waals surface area contributed by atoms with Gasteiger partial charge in [0, 0.05) is 0 Å². The second-order valence-electron chi connectivity index (χ2n) is 22.4. The standard InChI is InChI=1S/C47H76O16/c1-21-11-16-47(42(56)57)18-17-45(7)24(30(47)22(21)2)9-10-28-44(6)14-13-29(43(4,5)27(44)12-15-46(28,45)8)61-41-38(63-39-35(54)33(52)31(50)23(3)59-39)37(25(49)20-58-41)62-40-36(55)34(53)32(51)26(19-48)60-40/h9,21-23,25-41,48-55H,10-20H2,1-8H3,(H,56,57). The molecule has 0 radical (unpaired) electrons. The zero-order valence-corrected chi connectivity index (χ0v) is 38.3. The number of hydrogen-bond donors (Lipinski definition) is 9. The lowest BCUT2D eigenvalue weighted by atomic mass is 9.33. The molecule has 3 aliphatic heterocycles. The first kappa shape index (κ1) is 48.1. The van der Waals surface area contributed by atoms with E-state index in [1.54, 1.807) is 0 Å². The van der Waals surface area contributed by atoms with E-state index in [0.29, 0.717) is 24.7 Å². The third kappa shape index (κ3) is 7.33. The number of aliphatic hydroxyl groups excluding tert-OH is 8. The Kier molecular flexibility index (Phi) is 13.0. The van der Waals surface area contributed by atoms with E-state index in [9.17, 15) is 50.8 Å². The van der Waals surface area contributed by atoms with Crippen LogP contribution < -0.4 is 0 Å². The summed E-state index contributed by atoms with van der Waals surface area (Å²) in [5.74, 6) is 0.683. The van der Waals surface area contributed by atoms with Crippen molar-refractivity contribution in [3.8, 4) is 0 Å². The number of aliphatic carboxylic acids is 1. The summed E-state index contributed by atoms with van der Waals surface area (Å²) in [5.41, 5.74) is -0.0269. The van der Waals surface area contributed by atoms with Crippen LogP contribution in [0.25, 0.3) is 0 Å². The summed E-state index contributed by atoms with van der Waals surface area (Å²) >= 11 is 0. The van der Waals surface area contributed by atoms with Crippen LogP contribution in [0.3, 0.4) is 0 Å². The van der Waals surface area contributed by atoms with E-state index in [2.05, 4.69) is 54.5 Å². The van der Waals surface area contributed by atoms with Gasteiger partial charge in [-0.2, -0.15) is 0 Å².